The minimum absolute atomic E-state index is 0.818. The molecule has 5 heteroatoms. The summed E-state index contributed by atoms with van der Waals surface area (Å²) in [5.74, 6) is 0.818. The Morgan fingerprint density at radius 1 is 1.14 bits per heavy atom. The van der Waals surface area contributed by atoms with Crippen molar-refractivity contribution in [3.8, 4) is 0 Å². The smallest absolute Gasteiger partial charge is 0.143 e. The zero-order valence-corrected chi connectivity index (χ0v) is 13.0. The van der Waals surface area contributed by atoms with Crippen molar-refractivity contribution in [2.24, 2.45) is 0 Å². The molecule has 3 rings (SSSR count). The molecule has 0 radical (unpaired) electrons. The maximum atomic E-state index is 4.32. The van der Waals surface area contributed by atoms with E-state index in [9.17, 15) is 0 Å². The monoisotopic (exact) mass is 295 g/mol. The fourth-order valence-electron chi connectivity index (χ4n) is 2.43. The first kappa shape index (κ1) is 14.4. The second-order valence-corrected chi connectivity index (χ2v) is 5.41. The van der Waals surface area contributed by atoms with E-state index < -0.39 is 0 Å². The molecule has 2 aromatic heterocycles. The van der Waals surface area contributed by atoms with Gasteiger partial charge in [0, 0.05) is 31.2 Å². The molecular weight excluding hydrogens is 274 g/mol. The maximum Gasteiger partial charge on any atom is 0.143 e. The van der Waals surface area contributed by atoms with E-state index in [1.54, 1.807) is 6.33 Å². The number of nitrogens with zero attached hydrogens (tertiary/aromatic N) is 3. The Morgan fingerprint density at radius 3 is 2.73 bits per heavy atom. The van der Waals surface area contributed by atoms with Gasteiger partial charge in [0.2, 0.25) is 0 Å². The Labute approximate surface area is 130 Å². The fourth-order valence-corrected chi connectivity index (χ4v) is 2.43. The van der Waals surface area contributed by atoms with Crippen LogP contribution >= 0.6 is 0 Å². The summed E-state index contributed by atoms with van der Waals surface area (Å²) in [6, 6.07) is 10.4. The Morgan fingerprint density at radius 2 is 1.95 bits per heavy atom. The van der Waals surface area contributed by atoms with Gasteiger partial charge in [0.15, 0.2) is 0 Å². The third-order valence-corrected chi connectivity index (χ3v) is 3.77. The predicted octanol–water partition coefficient (Wildman–Crippen LogP) is 3.94. The molecule has 0 unspecified atom stereocenters. The van der Waals surface area contributed by atoms with Crippen LogP contribution in [0, 0.1) is 0 Å². The van der Waals surface area contributed by atoms with E-state index in [4.69, 9.17) is 0 Å². The predicted molar refractivity (Wildman–Crippen MR) is 91.8 cm³/mol. The highest BCUT2D eigenvalue weighted by molar-refractivity contribution is 5.88. The number of unbranched alkanes of at least 4 members (excludes halogenated alkanes) is 1. The van der Waals surface area contributed by atoms with E-state index in [2.05, 4.69) is 63.4 Å². The van der Waals surface area contributed by atoms with Crippen molar-refractivity contribution in [3.63, 3.8) is 0 Å². The van der Waals surface area contributed by atoms with Crippen molar-refractivity contribution in [2.45, 2.75) is 19.8 Å². The zero-order chi connectivity index (χ0) is 15.4. The van der Waals surface area contributed by atoms with Crippen LogP contribution in [-0.2, 0) is 0 Å². The summed E-state index contributed by atoms with van der Waals surface area (Å²) in [5, 5.41) is 4.34. The van der Waals surface area contributed by atoms with Crippen LogP contribution in [0.5, 0.6) is 0 Å². The minimum Gasteiger partial charge on any atom is -0.375 e. The van der Waals surface area contributed by atoms with Gasteiger partial charge < -0.3 is 15.2 Å². The Hall–Kier alpha value is -2.56. The van der Waals surface area contributed by atoms with Crippen LogP contribution < -0.4 is 10.2 Å². The molecule has 22 heavy (non-hydrogen) atoms. The number of hydrogen-bond donors (Lipinski definition) is 2. The van der Waals surface area contributed by atoms with Gasteiger partial charge in [-0.3, -0.25) is 0 Å². The number of H-pyrrole nitrogens is 1. The molecule has 0 saturated carbocycles. The van der Waals surface area contributed by atoms with Crippen LogP contribution in [0.3, 0.4) is 0 Å². The minimum atomic E-state index is 0.818. The van der Waals surface area contributed by atoms with Crippen LogP contribution in [0.4, 0.5) is 17.2 Å². The van der Waals surface area contributed by atoms with E-state index in [0.29, 0.717) is 0 Å². The second kappa shape index (κ2) is 6.47. The standard InChI is InChI=1S/C17H21N5/c1-3-4-11-22(2)14-7-5-13(6-8-14)21-17-15-9-10-18-16(15)19-12-20-17/h5-10,12H,3-4,11H2,1-2H3,(H2,18,19,20,21). The van der Waals surface area contributed by atoms with Gasteiger partial charge in [0.25, 0.3) is 0 Å². The molecule has 2 N–H and O–H groups in total. The van der Waals surface area contributed by atoms with Gasteiger partial charge in [-0.25, -0.2) is 9.97 Å². The molecular formula is C17H21N5. The summed E-state index contributed by atoms with van der Waals surface area (Å²) in [6.45, 7) is 3.30. The highest BCUT2D eigenvalue weighted by atomic mass is 15.1. The second-order valence-electron chi connectivity index (χ2n) is 5.41. The van der Waals surface area contributed by atoms with E-state index in [-0.39, 0.29) is 0 Å². The molecule has 0 aliphatic heterocycles. The van der Waals surface area contributed by atoms with Crippen LogP contribution in [0.1, 0.15) is 19.8 Å². The van der Waals surface area contributed by atoms with E-state index in [0.717, 1.165) is 29.1 Å². The quantitative estimate of drug-likeness (QED) is 0.723. The Bertz CT molecular complexity index is 732. The molecule has 0 spiro atoms. The van der Waals surface area contributed by atoms with Gasteiger partial charge in [0.05, 0.1) is 5.39 Å². The number of fused-ring (bicyclic) bond motifs is 1. The topological polar surface area (TPSA) is 56.8 Å². The SMILES string of the molecule is CCCCN(C)c1ccc(Nc2ncnc3[nH]ccc23)cc1. The van der Waals surface area contributed by atoms with Gasteiger partial charge in [-0.05, 0) is 36.8 Å². The molecule has 0 saturated heterocycles. The maximum absolute atomic E-state index is 4.32. The number of hydrogen-bond acceptors (Lipinski definition) is 4. The first-order chi connectivity index (χ1) is 10.8. The molecule has 0 amide bonds. The summed E-state index contributed by atoms with van der Waals surface area (Å²) in [6.07, 6.45) is 5.86. The molecule has 0 fully saturated rings. The normalized spacial score (nSPS) is 10.8. The first-order valence-corrected chi connectivity index (χ1v) is 7.64. The van der Waals surface area contributed by atoms with Gasteiger partial charge >= 0.3 is 0 Å². The van der Waals surface area contributed by atoms with Gasteiger partial charge in [0.1, 0.15) is 17.8 Å². The summed E-state index contributed by atoms with van der Waals surface area (Å²) < 4.78 is 0. The molecule has 2 heterocycles. The van der Waals surface area contributed by atoms with Gasteiger partial charge in [-0.1, -0.05) is 13.3 Å². The zero-order valence-electron chi connectivity index (χ0n) is 13.0. The number of benzene rings is 1. The van der Waals surface area contributed by atoms with Crippen molar-refractivity contribution < 1.29 is 0 Å². The average Bonchev–Trinajstić information content (AvgIpc) is 3.03. The highest BCUT2D eigenvalue weighted by Gasteiger charge is 2.05. The molecule has 0 bridgehead atoms. The van der Waals surface area contributed by atoms with E-state index in [1.165, 1.54) is 18.5 Å². The van der Waals surface area contributed by atoms with Crippen molar-refractivity contribution in [3.05, 3.63) is 42.9 Å². The van der Waals surface area contributed by atoms with Crippen molar-refractivity contribution in [1.82, 2.24) is 15.0 Å². The largest absolute Gasteiger partial charge is 0.375 e. The van der Waals surface area contributed by atoms with Crippen LogP contribution in [0.15, 0.2) is 42.9 Å². The number of nitrogens with one attached hydrogen (secondary N) is 2. The number of aromatic nitrogens is 3. The molecule has 0 atom stereocenters. The Kier molecular flexibility index (Phi) is 4.23. The molecule has 5 nitrogen and oxygen atoms in total. The van der Waals surface area contributed by atoms with E-state index in [1.807, 2.05) is 12.3 Å². The number of rotatable bonds is 6. The van der Waals surface area contributed by atoms with Crippen LogP contribution in [0.25, 0.3) is 11.0 Å². The first-order valence-electron chi connectivity index (χ1n) is 7.64. The van der Waals surface area contributed by atoms with Gasteiger partial charge in [-0.15, -0.1) is 0 Å². The molecule has 0 aliphatic carbocycles. The molecule has 0 aliphatic rings. The van der Waals surface area contributed by atoms with Crippen LogP contribution in [-0.4, -0.2) is 28.5 Å². The molecule has 1 aromatic carbocycles. The number of aromatic amines is 1. The Balaban J connectivity index is 1.75. The van der Waals surface area contributed by atoms with Crippen molar-refractivity contribution >= 4 is 28.2 Å². The highest BCUT2D eigenvalue weighted by Crippen LogP contribution is 2.24. The number of anilines is 3. The summed E-state index contributed by atoms with van der Waals surface area (Å²) in [7, 11) is 2.13. The summed E-state index contributed by atoms with van der Waals surface area (Å²) >= 11 is 0. The average molecular weight is 295 g/mol. The summed E-state index contributed by atoms with van der Waals surface area (Å²) in [5.41, 5.74) is 3.09. The molecule has 114 valence electrons. The third-order valence-electron chi connectivity index (χ3n) is 3.77. The van der Waals surface area contributed by atoms with Crippen molar-refractivity contribution in [2.75, 3.05) is 23.8 Å². The lowest BCUT2D eigenvalue weighted by atomic mass is 10.2. The lowest BCUT2D eigenvalue weighted by molar-refractivity contribution is 0.767. The third kappa shape index (κ3) is 3.03. The van der Waals surface area contributed by atoms with E-state index >= 15 is 0 Å². The van der Waals surface area contributed by atoms with Crippen LogP contribution in [0.2, 0.25) is 0 Å². The van der Waals surface area contributed by atoms with Crippen molar-refractivity contribution in [1.29, 1.82) is 0 Å². The summed E-state index contributed by atoms with van der Waals surface area (Å²) in [4.78, 5) is 13.9. The lowest BCUT2D eigenvalue weighted by Gasteiger charge is -2.19. The molecule has 3 aromatic rings. The lowest BCUT2D eigenvalue weighted by Crippen LogP contribution is -2.17. The fraction of sp³-hybridized carbons (Fsp3) is 0.294. The van der Waals surface area contributed by atoms with Gasteiger partial charge in [-0.2, -0.15) is 0 Å².